The average molecular weight is 164 g/mol. The highest BCUT2D eigenvalue weighted by molar-refractivity contribution is 7.98. The van der Waals surface area contributed by atoms with Crippen molar-refractivity contribution in [3.05, 3.63) is 30.6 Å². The number of fused-ring (bicyclic) bond motifs is 1. The minimum Gasteiger partial charge on any atom is -0.241 e. The minimum atomic E-state index is 1.15. The van der Waals surface area contributed by atoms with Crippen LogP contribution in [0.1, 0.15) is 0 Å². The topological polar surface area (TPSA) is 17.3 Å². The zero-order valence-corrected chi connectivity index (χ0v) is 7.01. The van der Waals surface area contributed by atoms with Crippen LogP contribution in [-0.2, 0) is 0 Å². The molecule has 2 aromatic heterocycles. The summed E-state index contributed by atoms with van der Waals surface area (Å²) in [5, 5.41) is 4.10. The van der Waals surface area contributed by atoms with Gasteiger partial charge in [-0.3, -0.25) is 0 Å². The summed E-state index contributed by atoms with van der Waals surface area (Å²) in [7, 11) is 0. The fraction of sp³-hybridized carbons (Fsp3) is 0.125. The maximum absolute atomic E-state index is 4.10. The highest BCUT2D eigenvalue weighted by atomic mass is 32.2. The van der Waals surface area contributed by atoms with Crippen molar-refractivity contribution in [1.82, 2.24) is 9.61 Å². The summed E-state index contributed by atoms with van der Waals surface area (Å²) in [4.78, 5) is 1.28. The average Bonchev–Trinajstić information content (AvgIpc) is 2.50. The van der Waals surface area contributed by atoms with Crippen LogP contribution in [0.4, 0.5) is 0 Å². The lowest BCUT2D eigenvalue weighted by Gasteiger charge is -1.95. The van der Waals surface area contributed by atoms with Crippen molar-refractivity contribution in [2.75, 3.05) is 6.26 Å². The molecule has 0 spiro atoms. The lowest BCUT2D eigenvalue weighted by Crippen LogP contribution is -1.84. The van der Waals surface area contributed by atoms with Gasteiger partial charge in [-0.25, -0.2) is 4.52 Å². The maximum Gasteiger partial charge on any atom is 0.0672 e. The van der Waals surface area contributed by atoms with E-state index >= 15 is 0 Å². The van der Waals surface area contributed by atoms with Crippen molar-refractivity contribution in [3.8, 4) is 0 Å². The number of hydrogen-bond acceptors (Lipinski definition) is 2. The summed E-state index contributed by atoms with van der Waals surface area (Å²) in [5.41, 5.74) is 1.15. The molecule has 0 aliphatic carbocycles. The number of aromatic nitrogens is 2. The molecule has 2 rings (SSSR count). The zero-order chi connectivity index (χ0) is 7.68. The number of pyridine rings is 1. The molecule has 0 aliphatic heterocycles. The smallest absolute Gasteiger partial charge is 0.0672 e. The maximum atomic E-state index is 4.10. The van der Waals surface area contributed by atoms with E-state index in [0.717, 1.165) is 5.52 Å². The summed E-state index contributed by atoms with van der Waals surface area (Å²) >= 11 is 1.75. The lowest BCUT2D eigenvalue weighted by atomic mass is 10.4. The first-order valence-electron chi connectivity index (χ1n) is 3.37. The third kappa shape index (κ3) is 1.12. The van der Waals surface area contributed by atoms with E-state index in [-0.39, 0.29) is 0 Å². The summed E-state index contributed by atoms with van der Waals surface area (Å²) in [5.74, 6) is 0. The van der Waals surface area contributed by atoms with E-state index in [0.29, 0.717) is 0 Å². The minimum absolute atomic E-state index is 1.15. The molecule has 2 nitrogen and oxygen atoms in total. The van der Waals surface area contributed by atoms with Crippen LogP contribution < -0.4 is 0 Å². The molecule has 0 saturated carbocycles. The van der Waals surface area contributed by atoms with E-state index in [2.05, 4.69) is 23.5 Å². The molecule has 0 N–H and O–H groups in total. The number of nitrogens with zero attached hydrogens (tertiary/aromatic N) is 2. The molecular formula is C8H8N2S. The van der Waals surface area contributed by atoms with Crippen LogP contribution in [0.25, 0.3) is 5.52 Å². The van der Waals surface area contributed by atoms with Crippen LogP contribution in [0, 0.1) is 0 Å². The first-order valence-corrected chi connectivity index (χ1v) is 4.60. The number of rotatable bonds is 1. The molecule has 0 fully saturated rings. The van der Waals surface area contributed by atoms with Gasteiger partial charge in [0.25, 0.3) is 0 Å². The summed E-state index contributed by atoms with van der Waals surface area (Å²) < 4.78 is 1.86. The number of hydrogen-bond donors (Lipinski definition) is 0. The Morgan fingerprint density at radius 2 is 2.36 bits per heavy atom. The Morgan fingerprint density at radius 3 is 3.18 bits per heavy atom. The molecule has 56 valence electrons. The van der Waals surface area contributed by atoms with Gasteiger partial charge in [-0.2, -0.15) is 5.10 Å². The summed E-state index contributed by atoms with van der Waals surface area (Å²) in [6.07, 6.45) is 5.85. The molecule has 0 unspecified atom stereocenters. The van der Waals surface area contributed by atoms with Crippen LogP contribution in [0.3, 0.4) is 0 Å². The number of thioether (sulfide) groups is 1. The SMILES string of the molecule is CSc1ccn2nccc2c1. The molecule has 11 heavy (non-hydrogen) atoms. The highest BCUT2D eigenvalue weighted by Crippen LogP contribution is 2.15. The third-order valence-electron chi connectivity index (χ3n) is 1.61. The fourth-order valence-electron chi connectivity index (χ4n) is 1.03. The Bertz CT molecular complexity index is 367. The van der Waals surface area contributed by atoms with Crippen LogP contribution >= 0.6 is 11.8 Å². The Hall–Kier alpha value is -0.960. The van der Waals surface area contributed by atoms with Crippen LogP contribution in [0.2, 0.25) is 0 Å². The Balaban J connectivity index is 2.67. The van der Waals surface area contributed by atoms with E-state index in [1.54, 1.807) is 18.0 Å². The molecule has 0 amide bonds. The van der Waals surface area contributed by atoms with Gasteiger partial charge < -0.3 is 0 Å². The van der Waals surface area contributed by atoms with Crippen molar-refractivity contribution >= 4 is 17.3 Å². The molecule has 3 heteroatoms. The van der Waals surface area contributed by atoms with Crippen LogP contribution in [-0.4, -0.2) is 15.9 Å². The standard InChI is InChI=1S/C8H8N2S/c1-11-8-3-5-10-7(6-8)2-4-9-10/h2-6H,1H3. The first-order chi connectivity index (χ1) is 5.40. The highest BCUT2D eigenvalue weighted by Gasteiger charge is 1.93. The zero-order valence-electron chi connectivity index (χ0n) is 6.19. The predicted octanol–water partition coefficient (Wildman–Crippen LogP) is 2.06. The van der Waals surface area contributed by atoms with E-state index in [1.165, 1.54) is 4.90 Å². The lowest BCUT2D eigenvalue weighted by molar-refractivity contribution is 0.953. The van der Waals surface area contributed by atoms with Crippen molar-refractivity contribution in [3.63, 3.8) is 0 Å². The van der Waals surface area contributed by atoms with E-state index in [1.807, 2.05) is 16.8 Å². The van der Waals surface area contributed by atoms with Gasteiger partial charge in [0.2, 0.25) is 0 Å². The molecule has 0 aromatic carbocycles. The van der Waals surface area contributed by atoms with Gasteiger partial charge in [-0.05, 0) is 24.5 Å². The first kappa shape index (κ1) is 6.73. The van der Waals surface area contributed by atoms with Crippen molar-refractivity contribution in [2.24, 2.45) is 0 Å². The molecule has 0 bridgehead atoms. The van der Waals surface area contributed by atoms with Gasteiger partial charge in [-0.1, -0.05) is 0 Å². The molecule has 2 aromatic rings. The molecule has 0 atom stereocenters. The third-order valence-corrected chi connectivity index (χ3v) is 2.33. The van der Waals surface area contributed by atoms with Gasteiger partial charge in [0.15, 0.2) is 0 Å². The van der Waals surface area contributed by atoms with Crippen LogP contribution in [0.5, 0.6) is 0 Å². The molecule has 0 radical (unpaired) electrons. The van der Waals surface area contributed by atoms with Crippen molar-refractivity contribution in [2.45, 2.75) is 4.90 Å². The van der Waals surface area contributed by atoms with Gasteiger partial charge in [0.1, 0.15) is 0 Å². The quantitative estimate of drug-likeness (QED) is 0.600. The Kier molecular flexibility index (Phi) is 1.58. The van der Waals surface area contributed by atoms with E-state index < -0.39 is 0 Å². The Morgan fingerprint density at radius 1 is 1.45 bits per heavy atom. The van der Waals surface area contributed by atoms with Crippen LogP contribution in [0.15, 0.2) is 35.5 Å². The van der Waals surface area contributed by atoms with Crippen molar-refractivity contribution in [1.29, 1.82) is 0 Å². The second kappa shape index (κ2) is 2.58. The molecular weight excluding hydrogens is 156 g/mol. The van der Waals surface area contributed by atoms with Gasteiger partial charge in [0.05, 0.1) is 5.52 Å². The second-order valence-corrected chi connectivity index (χ2v) is 3.15. The molecule has 0 aliphatic rings. The van der Waals surface area contributed by atoms with Gasteiger partial charge in [0, 0.05) is 17.3 Å². The predicted molar refractivity (Wildman–Crippen MR) is 47.0 cm³/mol. The Labute approximate surface area is 69.2 Å². The summed E-state index contributed by atoms with van der Waals surface area (Å²) in [6.45, 7) is 0. The normalized spacial score (nSPS) is 10.6. The van der Waals surface area contributed by atoms with Crippen molar-refractivity contribution < 1.29 is 0 Å². The van der Waals surface area contributed by atoms with Gasteiger partial charge in [-0.15, -0.1) is 11.8 Å². The molecule has 0 saturated heterocycles. The summed E-state index contributed by atoms with van der Waals surface area (Å²) in [6, 6.07) is 6.18. The molecule has 2 heterocycles. The van der Waals surface area contributed by atoms with Gasteiger partial charge >= 0.3 is 0 Å². The largest absolute Gasteiger partial charge is 0.241 e. The van der Waals surface area contributed by atoms with E-state index in [4.69, 9.17) is 0 Å². The fourth-order valence-corrected chi connectivity index (χ4v) is 1.46. The monoisotopic (exact) mass is 164 g/mol. The second-order valence-electron chi connectivity index (χ2n) is 2.27. The van der Waals surface area contributed by atoms with E-state index in [9.17, 15) is 0 Å².